The lowest BCUT2D eigenvalue weighted by atomic mass is 10.1. The fourth-order valence-corrected chi connectivity index (χ4v) is 4.70. The normalized spacial score (nSPS) is 12.5. The lowest BCUT2D eigenvalue weighted by Gasteiger charge is -2.11. The van der Waals surface area contributed by atoms with Crippen LogP contribution in [0.4, 0.5) is 5.82 Å². The first-order valence-corrected chi connectivity index (χ1v) is 11.1. The number of benzene rings is 1. The smallest absolute Gasteiger partial charge is 0.243 e. The maximum atomic E-state index is 11.1. The number of carbonyl (C=O) groups excluding carboxylic acids is 1. The molecule has 1 aromatic carbocycles. The fraction of sp³-hybridized carbons (Fsp3) is 0.350. The van der Waals surface area contributed by atoms with Crippen LogP contribution in [-0.4, -0.2) is 32.4 Å². The van der Waals surface area contributed by atoms with Gasteiger partial charge in [-0.3, -0.25) is 10.0 Å². The summed E-state index contributed by atoms with van der Waals surface area (Å²) in [6.07, 6.45) is 5.23. The molecule has 9 nitrogen and oxygen atoms in total. The molecule has 0 saturated heterocycles. The zero-order valence-corrected chi connectivity index (χ0v) is 18.2. The molecule has 0 bridgehead atoms. The van der Waals surface area contributed by atoms with Crippen molar-refractivity contribution in [2.24, 2.45) is 0 Å². The molecule has 3 aromatic rings. The van der Waals surface area contributed by atoms with Crippen molar-refractivity contribution < 1.29 is 19.5 Å². The molecule has 0 saturated carbocycles. The van der Waals surface area contributed by atoms with Gasteiger partial charge in [-0.15, -0.1) is 0 Å². The Labute approximate surface area is 187 Å². The number of hydrogen-bond acceptors (Lipinski definition) is 8. The van der Waals surface area contributed by atoms with Crippen molar-refractivity contribution in [3.63, 3.8) is 0 Å². The molecule has 4 rings (SSSR count). The van der Waals surface area contributed by atoms with Gasteiger partial charge in [-0.05, 0) is 25.0 Å². The Balaban J connectivity index is 1.52. The van der Waals surface area contributed by atoms with E-state index >= 15 is 0 Å². The fourth-order valence-electron chi connectivity index (χ4n) is 3.41. The number of nitrogens with one attached hydrogen (secondary N) is 1. The van der Waals surface area contributed by atoms with Crippen molar-refractivity contribution in [3.8, 4) is 11.5 Å². The molecule has 0 atom stereocenters. The number of hydroxylamine groups is 1. The van der Waals surface area contributed by atoms with Crippen molar-refractivity contribution in [2.75, 3.05) is 12.5 Å². The molecular formula is C20H22ClN5O4S. The molecule has 1 aliphatic heterocycles. The monoisotopic (exact) mass is 463 g/mol. The van der Waals surface area contributed by atoms with Crippen LogP contribution in [0.15, 0.2) is 34.4 Å². The number of nitrogen functional groups attached to an aromatic ring is 1. The highest BCUT2D eigenvalue weighted by molar-refractivity contribution is 7.99. The average Bonchev–Trinajstić information content (AvgIpc) is 3.35. The maximum absolute atomic E-state index is 11.1. The zero-order valence-electron chi connectivity index (χ0n) is 16.6. The number of nitrogens with two attached hydrogens (primary N) is 1. The van der Waals surface area contributed by atoms with Crippen LogP contribution in [0.1, 0.15) is 32.1 Å². The number of aromatic nitrogens is 3. The molecule has 3 heterocycles. The van der Waals surface area contributed by atoms with Crippen molar-refractivity contribution >= 4 is 46.1 Å². The second kappa shape index (κ2) is 9.63. The van der Waals surface area contributed by atoms with E-state index in [2.05, 4.69) is 14.5 Å². The topological polar surface area (TPSA) is 125 Å². The number of fused-ring (bicyclic) bond motifs is 2. The van der Waals surface area contributed by atoms with Crippen LogP contribution in [0.25, 0.3) is 11.0 Å². The minimum atomic E-state index is -0.358. The van der Waals surface area contributed by atoms with Gasteiger partial charge in [0.2, 0.25) is 12.7 Å². The molecule has 1 amide bonds. The zero-order chi connectivity index (χ0) is 21.8. The predicted molar refractivity (Wildman–Crippen MR) is 117 cm³/mol. The molecule has 0 radical (unpaired) electrons. The van der Waals surface area contributed by atoms with Crippen LogP contribution in [0, 0.1) is 0 Å². The van der Waals surface area contributed by atoms with Gasteiger partial charge in [-0.1, -0.05) is 36.2 Å². The Morgan fingerprint density at radius 3 is 2.77 bits per heavy atom. The van der Waals surface area contributed by atoms with Gasteiger partial charge in [-0.25, -0.2) is 15.4 Å². The number of carbonyl (C=O) groups is 1. The molecule has 0 unspecified atom stereocenters. The first kappa shape index (κ1) is 21.5. The van der Waals surface area contributed by atoms with Crippen LogP contribution >= 0.6 is 23.4 Å². The van der Waals surface area contributed by atoms with Crippen LogP contribution in [0.3, 0.4) is 0 Å². The standard InChI is InChI=1S/C20H22ClN5O4S/c21-13-8-14-15(30-11-29-14)9-16(13)31-18-7-12-19(22)23-10-24-20(12)26(18)6-4-2-1-3-5-17(27)25-28/h7-10,28H,1-6,11H2,(H,25,27)(H2,22,23,24). The summed E-state index contributed by atoms with van der Waals surface area (Å²) in [6.45, 7) is 0.919. The highest BCUT2D eigenvalue weighted by Crippen LogP contribution is 2.44. The maximum Gasteiger partial charge on any atom is 0.243 e. The first-order chi connectivity index (χ1) is 15.1. The highest BCUT2D eigenvalue weighted by atomic mass is 35.5. The second-order valence-electron chi connectivity index (χ2n) is 7.07. The average molecular weight is 464 g/mol. The van der Waals surface area contributed by atoms with Crippen molar-refractivity contribution in [2.45, 2.75) is 48.6 Å². The number of aryl methyl sites for hydroxylation is 1. The van der Waals surface area contributed by atoms with E-state index in [1.807, 2.05) is 12.1 Å². The van der Waals surface area contributed by atoms with Gasteiger partial charge >= 0.3 is 0 Å². The summed E-state index contributed by atoms with van der Waals surface area (Å²) in [6, 6.07) is 5.61. The van der Waals surface area contributed by atoms with Gasteiger partial charge in [0, 0.05) is 23.9 Å². The Morgan fingerprint density at radius 2 is 1.97 bits per heavy atom. The molecule has 164 valence electrons. The summed E-state index contributed by atoms with van der Waals surface area (Å²) in [4.78, 5) is 20.5. The van der Waals surface area contributed by atoms with Crippen LogP contribution in [-0.2, 0) is 11.3 Å². The Morgan fingerprint density at radius 1 is 1.19 bits per heavy atom. The Kier molecular flexibility index (Phi) is 6.69. The van der Waals surface area contributed by atoms with E-state index in [0.29, 0.717) is 28.8 Å². The first-order valence-electron chi connectivity index (χ1n) is 9.86. The van der Waals surface area contributed by atoms with Gasteiger partial charge in [0.1, 0.15) is 17.8 Å². The molecular weight excluding hydrogens is 442 g/mol. The van der Waals surface area contributed by atoms with E-state index in [1.165, 1.54) is 18.1 Å². The van der Waals surface area contributed by atoms with E-state index in [-0.39, 0.29) is 12.7 Å². The summed E-state index contributed by atoms with van der Waals surface area (Å²) >= 11 is 7.98. The molecule has 0 aliphatic carbocycles. The van der Waals surface area contributed by atoms with E-state index in [9.17, 15) is 4.79 Å². The molecule has 11 heteroatoms. The number of halogens is 1. The number of anilines is 1. The largest absolute Gasteiger partial charge is 0.454 e. The van der Waals surface area contributed by atoms with Gasteiger partial charge in [0.05, 0.1) is 15.4 Å². The molecule has 2 aromatic heterocycles. The van der Waals surface area contributed by atoms with Crippen molar-refractivity contribution in [1.29, 1.82) is 0 Å². The third-order valence-corrected chi connectivity index (χ3v) is 6.51. The quantitative estimate of drug-likeness (QED) is 0.247. The van der Waals surface area contributed by atoms with Gasteiger partial charge in [0.25, 0.3) is 0 Å². The summed E-state index contributed by atoms with van der Waals surface area (Å²) in [5.74, 6) is 1.38. The third kappa shape index (κ3) is 4.81. The Hall–Kier alpha value is -2.69. The summed E-state index contributed by atoms with van der Waals surface area (Å²) in [5, 5.41) is 10.9. The molecule has 31 heavy (non-hydrogen) atoms. The highest BCUT2D eigenvalue weighted by Gasteiger charge is 2.20. The minimum Gasteiger partial charge on any atom is -0.454 e. The number of rotatable bonds is 9. The van der Waals surface area contributed by atoms with E-state index in [1.54, 1.807) is 11.5 Å². The van der Waals surface area contributed by atoms with Crippen molar-refractivity contribution in [3.05, 3.63) is 29.5 Å². The van der Waals surface area contributed by atoms with E-state index < -0.39 is 0 Å². The molecule has 1 aliphatic rings. The summed E-state index contributed by atoms with van der Waals surface area (Å²) in [5.41, 5.74) is 8.50. The molecule has 0 spiro atoms. The van der Waals surface area contributed by atoms with Gasteiger partial charge < -0.3 is 19.8 Å². The third-order valence-electron chi connectivity index (χ3n) is 4.99. The second-order valence-corrected chi connectivity index (χ2v) is 8.54. The molecule has 0 fully saturated rings. The number of nitrogens with zero attached hydrogens (tertiary/aromatic N) is 3. The van der Waals surface area contributed by atoms with Crippen molar-refractivity contribution in [1.82, 2.24) is 20.0 Å². The Bertz CT molecular complexity index is 1110. The minimum absolute atomic E-state index is 0.187. The number of ether oxygens (including phenoxy) is 2. The summed E-state index contributed by atoms with van der Waals surface area (Å²) < 4.78 is 13.0. The van der Waals surface area contributed by atoms with E-state index in [4.69, 9.17) is 32.0 Å². The predicted octanol–water partition coefficient (Wildman–Crippen LogP) is 4.00. The number of amides is 1. The van der Waals surface area contributed by atoms with Crippen LogP contribution < -0.4 is 20.7 Å². The lowest BCUT2D eigenvalue weighted by molar-refractivity contribution is -0.129. The van der Waals surface area contributed by atoms with Gasteiger partial charge in [0.15, 0.2) is 11.5 Å². The molecule has 4 N–H and O–H groups in total. The number of unbranched alkanes of at least 4 members (excludes halogenated alkanes) is 3. The van der Waals surface area contributed by atoms with Gasteiger partial charge in [-0.2, -0.15) is 0 Å². The van der Waals surface area contributed by atoms with Crippen LogP contribution in [0.2, 0.25) is 5.02 Å². The summed E-state index contributed by atoms with van der Waals surface area (Å²) in [7, 11) is 0. The lowest BCUT2D eigenvalue weighted by Crippen LogP contribution is -2.17. The SMILES string of the molecule is Nc1ncnc2c1cc(Sc1cc3c(cc1Cl)OCO3)n2CCCCCCC(=O)NO. The van der Waals surface area contributed by atoms with E-state index in [0.717, 1.165) is 53.2 Å². The van der Waals surface area contributed by atoms with Crippen LogP contribution in [0.5, 0.6) is 11.5 Å². The number of hydrogen-bond donors (Lipinski definition) is 3.